The Labute approximate surface area is 168 Å². The van der Waals surface area contributed by atoms with Crippen LogP contribution in [0.15, 0.2) is 47.3 Å². The lowest BCUT2D eigenvalue weighted by molar-refractivity contribution is -0.122. The molecule has 0 aromatic rings. The van der Waals surface area contributed by atoms with Crippen LogP contribution in [-0.4, -0.2) is 23.2 Å². The van der Waals surface area contributed by atoms with Gasteiger partial charge >= 0.3 is 0 Å². The zero-order valence-corrected chi connectivity index (χ0v) is 17.0. The molecule has 0 aromatic heterocycles. The maximum Gasteiger partial charge on any atom is 0.220 e. The van der Waals surface area contributed by atoms with E-state index in [1.165, 1.54) is 5.57 Å². The van der Waals surface area contributed by atoms with Gasteiger partial charge in [-0.2, -0.15) is 0 Å². The summed E-state index contributed by atoms with van der Waals surface area (Å²) in [6.45, 7) is 2.23. The van der Waals surface area contributed by atoms with Crippen LogP contribution in [0.1, 0.15) is 71.1 Å². The van der Waals surface area contributed by atoms with Crippen molar-refractivity contribution in [1.82, 2.24) is 5.32 Å². The SMILES string of the molecule is CCC1CCC(O)=CC=C1C1CCC(NC(=O)CCC2=CC[C@H](F)C=C2)CC1. The summed E-state index contributed by atoms with van der Waals surface area (Å²) in [6, 6.07) is 0.269. The summed E-state index contributed by atoms with van der Waals surface area (Å²) in [4.78, 5) is 12.3. The number of nitrogens with one attached hydrogen (secondary N) is 1. The molecule has 0 spiro atoms. The lowest BCUT2D eigenvalue weighted by Crippen LogP contribution is -2.38. The molecule has 3 nitrogen and oxygen atoms in total. The fourth-order valence-corrected chi connectivity index (χ4v) is 4.76. The van der Waals surface area contributed by atoms with Crippen molar-refractivity contribution >= 4 is 5.91 Å². The van der Waals surface area contributed by atoms with Crippen molar-refractivity contribution in [3.8, 4) is 0 Å². The third-order valence-electron chi connectivity index (χ3n) is 6.51. The van der Waals surface area contributed by atoms with Crippen LogP contribution in [0.4, 0.5) is 4.39 Å². The quantitative estimate of drug-likeness (QED) is 0.600. The first-order chi connectivity index (χ1) is 13.5. The fourth-order valence-electron chi connectivity index (χ4n) is 4.76. The number of allylic oxidation sites excluding steroid dienone is 8. The van der Waals surface area contributed by atoms with E-state index in [-0.39, 0.29) is 11.9 Å². The molecule has 0 aromatic carbocycles. The average Bonchev–Trinajstić information content (AvgIpc) is 2.89. The molecule has 0 bridgehead atoms. The topological polar surface area (TPSA) is 49.3 Å². The van der Waals surface area contributed by atoms with E-state index in [0.717, 1.165) is 50.5 Å². The summed E-state index contributed by atoms with van der Waals surface area (Å²) in [5.41, 5.74) is 2.56. The van der Waals surface area contributed by atoms with Crippen molar-refractivity contribution in [1.29, 1.82) is 0 Å². The van der Waals surface area contributed by atoms with E-state index in [1.54, 1.807) is 6.08 Å². The van der Waals surface area contributed by atoms with Crippen LogP contribution in [0.5, 0.6) is 0 Å². The number of hydrogen-bond acceptors (Lipinski definition) is 2. The van der Waals surface area contributed by atoms with Gasteiger partial charge in [0, 0.05) is 25.3 Å². The number of aliphatic hydroxyl groups is 1. The predicted molar refractivity (Wildman–Crippen MR) is 112 cm³/mol. The molecule has 1 unspecified atom stereocenters. The van der Waals surface area contributed by atoms with Crippen molar-refractivity contribution in [3.05, 3.63) is 47.3 Å². The highest BCUT2D eigenvalue weighted by atomic mass is 19.1. The Kier molecular flexibility index (Phi) is 7.52. The fraction of sp³-hybridized carbons (Fsp3) is 0.625. The van der Waals surface area contributed by atoms with E-state index in [1.807, 2.05) is 18.2 Å². The van der Waals surface area contributed by atoms with Gasteiger partial charge in [0.05, 0.1) is 5.76 Å². The molecule has 0 aliphatic heterocycles. The van der Waals surface area contributed by atoms with Crippen LogP contribution in [0.25, 0.3) is 0 Å². The highest BCUT2D eigenvalue weighted by molar-refractivity contribution is 5.76. The maximum absolute atomic E-state index is 13.1. The minimum absolute atomic E-state index is 0.105. The molecular formula is C24H34FNO2. The Morgan fingerprint density at radius 2 is 2.00 bits per heavy atom. The summed E-state index contributed by atoms with van der Waals surface area (Å²) in [5, 5.41) is 13.1. The molecule has 1 saturated carbocycles. The van der Waals surface area contributed by atoms with Crippen LogP contribution in [0, 0.1) is 11.8 Å². The molecule has 2 N–H and O–H groups in total. The summed E-state index contributed by atoms with van der Waals surface area (Å²) < 4.78 is 13.1. The highest BCUT2D eigenvalue weighted by Crippen LogP contribution is 2.38. The number of carbonyl (C=O) groups excluding carboxylic acids is 1. The molecule has 28 heavy (non-hydrogen) atoms. The second-order valence-electron chi connectivity index (χ2n) is 8.47. The second kappa shape index (κ2) is 10.1. The minimum atomic E-state index is -0.872. The lowest BCUT2D eigenvalue weighted by atomic mass is 9.75. The van der Waals surface area contributed by atoms with Crippen LogP contribution in [0.2, 0.25) is 0 Å². The molecule has 4 heteroatoms. The van der Waals surface area contributed by atoms with Gasteiger partial charge in [0.15, 0.2) is 0 Å². The molecule has 154 valence electrons. The first-order valence-corrected chi connectivity index (χ1v) is 11.0. The summed E-state index contributed by atoms with van der Waals surface area (Å²) in [5.74, 6) is 1.75. The molecular weight excluding hydrogens is 353 g/mol. The largest absolute Gasteiger partial charge is 0.512 e. The molecule has 0 radical (unpaired) electrons. The number of amides is 1. The van der Waals surface area contributed by atoms with Gasteiger partial charge in [0.25, 0.3) is 0 Å². The number of carbonyl (C=O) groups is 1. The Balaban J connectivity index is 1.43. The van der Waals surface area contributed by atoms with Gasteiger partial charge in [-0.05, 0) is 62.9 Å². The van der Waals surface area contributed by atoms with Crippen LogP contribution < -0.4 is 5.32 Å². The van der Waals surface area contributed by atoms with Gasteiger partial charge in [0.1, 0.15) is 6.17 Å². The van der Waals surface area contributed by atoms with Gasteiger partial charge in [0.2, 0.25) is 5.91 Å². The predicted octanol–water partition coefficient (Wildman–Crippen LogP) is 5.85. The van der Waals surface area contributed by atoms with Crippen LogP contribution >= 0.6 is 0 Å². The van der Waals surface area contributed by atoms with Crippen molar-refractivity contribution < 1.29 is 14.3 Å². The number of alkyl halides is 1. The first-order valence-electron chi connectivity index (χ1n) is 11.0. The summed E-state index contributed by atoms with van der Waals surface area (Å²) >= 11 is 0. The molecule has 3 rings (SSSR count). The molecule has 2 atom stereocenters. The minimum Gasteiger partial charge on any atom is -0.512 e. The van der Waals surface area contributed by atoms with E-state index in [2.05, 4.69) is 18.3 Å². The van der Waals surface area contributed by atoms with Crippen LogP contribution in [0.3, 0.4) is 0 Å². The van der Waals surface area contributed by atoms with Gasteiger partial charge in [-0.1, -0.05) is 42.4 Å². The van der Waals surface area contributed by atoms with E-state index in [9.17, 15) is 14.3 Å². The van der Waals surface area contributed by atoms with Gasteiger partial charge in [-0.3, -0.25) is 4.79 Å². The van der Waals surface area contributed by atoms with Crippen molar-refractivity contribution in [2.75, 3.05) is 0 Å². The third kappa shape index (κ3) is 5.83. The smallest absolute Gasteiger partial charge is 0.220 e. The van der Waals surface area contributed by atoms with Gasteiger partial charge in [-0.15, -0.1) is 0 Å². The Hall–Kier alpha value is -1.84. The zero-order valence-electron chi connectivity index (χ0n) is 17.0. The Bertz CT molecular complexity index is 668. The van der Waals surface area contributed by atoms with Crippen LogP contribution in [-0.2, 0) is 4.79 Å². The van der Waals surface area contributed by atoms with Crippen molar-refractivity contribution in [2.45, 2.75) is 83.3 Å². The average molecular weight is 388 g/mol. The number of halogens is 1. The first kappa shape index (κ1) is 20.9. The van der Waals surface area contributed by atoms with E-state index in [0.29, 0.717) is 36.9 Å². The molecule has 1 amide bonds. The number of aliphatic hydroxyl groups excluding tert-OH is 1. The van der Waals surface area contributed by atoms with Crippen molar-refractivity contribution in [3.63, 3.8) is 0 Å². The molecule has 3 aliphatic carbocycles. The normalized spacial score (nSPS) is 30.7. The van der Waals surface area contributed by atoms with E-state index < -0.39 is 6.17 Å². The van der Waals surface area contributed by atoms with Gasteiger partial charge in [-0.25, -0.2) is 4.39 Å². The van der Waals surface area contributed by atoms with Crippen molar-refractivity contribution in [2.24, 2.45) is 11.8 Å². The Morgan fingerprint density at radius 1 is 1.21 bits per heavy atom. The summed E-state index contributed by atoms with van der Waals surface area (Å²) in [7, 11) is 0. The standard InChI is InChI=1S/C24H34FNO2/c1-2-18-8-13-22(27)14-15-23(18)19-6-11-21(12-7-19)26-24(28)16-5-17-3-9-20(25)10-4-17/h3-4,9,14-15,18-21,27H,2,5-8,10-13,16H2,1H3,(H,26,28)/t18?,19?,20-,21?/m1/s1. The lowest BCUT2D eigenvalue weighted by Gasteiger charge is -2.33. The molecule has 1 fully saturated rings. The Morgan fingerprint density at radius 3 is 2.68 bits per heavy atom. The molecule has 0 heterocycles. The molecule has 0 saturated heterocycles. The second-order valence-corrected chi connectivity index (χ2v) is 8.47. The highest BCUT2D eigenvalue weighted by Gasteiger charge is 2.28. The van der Waals surface area contributed by atoms with E-state index in [4.69, 9.17) is 0 Å². The van der Waals surface area contributed by atoms with E-state index >= 15 is 0 Å². The third-order valence-corrected chi connectivity index (χ3v) is 6.51. The number of hydrogen-bond donors (Lipinski definition) is 2. The molecule has 3 aliphatic rings. The number of rotatable bonds is 6. The summed E-state index contributed by atoms with van der Waals surface area (Å²) in [6.07, 6.45) is 17.2. The zero-order chi connectivity index (χ0) is 19.9. The monoisotopic (exact) mass is 387 g/mol. The maximum atomic E-state index is 13.1. The van der Waals surface area contributed by atoms with Gasteiger partial charge < -0.3 is 10.4 Å².